The van der Waals surface area contributed by atoms with Gasteiger partial charge in [-0.2, -0.15) is 0 Å². The molecule has 7 heteroatoms. The maximum atomic E-state index is 12.0. The van der Waals surface area contributed by atoms with Crippen molar-refractivity contribution in [1.82, 2.24) is 20.0 Å². The van der Waals surface area contributed by atoms with Crippen LogP contribution in [0.1, 0.15) is 20.3 Å². The summed E-state index contributed by atoms with van der Waals surface area (Å²) in [6.45, 7) is 9.09. The zero-order valence-corrected chi connectivity index (χ0v) is 13.3. The lowest BCUT2D eigenvalue weighted by atomic mass is 10.3. The Hall–Kier alpha value is -1.34. The molecule has 0 aromatic heterocycles. The Morgan fingerprint density at radius 2 is 1.86 bits per heavy atom. The smallest absolute Gasteiger partial charge is 0.317 e. The number of piperazine rings is 1. The number of amides is 2. The molecule has 1 aliphatic heterocycles. The maximum Gasteiger partial charge on any atom is 0.317 e. The number of carbonyl (C=O) groups excluding carboxylic acids is 1. The third-order valence-electron chi connectivity index (χ3n) is 3.92. The van der Waals surface area contributed by atoms with Crippen LogP contribution in [0.3, 0.4) is 0 Å². The van der Waals surface area contributed by atoms with Crippen LogP contribution in [0, 0.1) is 0 Å². The van der Waals surface area contributed by atoms with Gasteiger partial charge in [0.15, 0.2) is 0 Å². The molecule has 7 nitrogen and oxygen atoms in total. The molecule has 0 aliphatic carbocycles. The fraction of sp³-hybridized carbons (Fsp3) is 0.857. The first-order valence-corrected chi connectivity index (χ1v) is 7.57. The highest BCUT2D eigenvalue weighted by Gasteiger charge is 2.21. The highest BCUT2D eigenvalue weighted by Crippen LogP contribution is 2.03. The molecule has 1 aliphatic rings. The molecule has 2 amide bonds. The summed E-state index contributed by atoms with van der Waals surface area (Å²) >= 11 is 0. The van der Waals surface area contributed by atoms with Gasteiger partial charge in [0.25, 0.3) is 0 Å². The second-order valence-corrected chi connectivity index (χ2v) is 5.78. The summed E-state index contributed by atoms with van der Waals surface area (Å²) in [4.78, 5) is 28.6. The van der Waals surface area contributed by atoms with Crippen LogP contribution in [0.2, 0.25) is 0 Å². The lowest BCUT2D eigenvalue weighted by molar-refractivity contribution is -0.137. The first-order valence-electron chi connectivity index (χ1n) is 7.57. The summed E-state index contributed by atoms with van der Waals surface area (Å²) in [5.41, 5.74) is 0. The van der Waals surface area contributed by atoms with Gasteiger partial charge in [-0.1, -0.05) is 0 Å². The van der Waals surface area contributed by atoms with Crippen molar-refractivity contribution < 1.29 is 14.7 Å². The summed E-state index contributed by atoms with van der Waals surface area (Å²) in [5.74, 6) is -0.774. The van der Waals surface area contributed by atoms with Crippen LogP contribution >= 0.6 is 0 Å². The van der Waals surface area contributed by atoms with Crippen molar-refractivity contribution in [2.75, 3.05) is 52.9 Å². The molecule has 1 fully saturated rings. The maximum absolute atomic E-state index is 12.0. The molecule has 21 heavy (non-hydrogen) atoms. The zero-order chi connectivity index (χ0) is 15.8. The van der Waals surface area contributed by atoms with Gasteiger partial charge < -0.3 is 20.2 Å². The van der Waals surface area contributed by atoms with E-state index in [-0.39, 0.29) is 12.5 Å². The Labute approximate surface area is 126 Å². The standard InChI is InChI=1S/C14H28N4O3/c1-12(2)16(3)7-5-15-14(21)18-10-8-17(9-11-18)6-4-13(19)20/h12H,4-11H2,1-3H3,(H,15,21)(H,19,20). The first kappa shape index (κ1) is 17.7. The van der Waals surface area contributed by atoms with E-state index < -0.39 is 5.97 Å². The highest BCUT2D eigenvalue weighted by atomic mass is 16.4. The van der Waals surface area contributed by atoms with E-state index in [1.54, 1.807) is 4.90 Å². The molecule has 122 valence electrons. The predicted octanol–water partition coefficient (Wildman–Crippen LogP) is 0.129. The third-order valence-corrected chi connectivity index (χ3v) is 3.92. The monoisotopic (exact) mass is 300 g/mol. The van der Waals surface area contributed by atoms with Gasteiger partial charge >= 0.3 is 12.0 Å². The molecule has 1 heterocycles. The van der Waals surface area contributed by atoms with Crippen LogP contribution in [0.5, 0.6) is 0 Å². The van der Waals surface area contributed by atoms with Gasteiger partial charge in [-0.3, -0.25) is 9.69 Å². The lowest BCUT2D eigenvalue weighted by Crippen LogP contribution is -2.52. The molecule has 2 N–H and O–H groups in total. The minimum Gasteiger partial charge on any atom is -0.481 e. The topological polar surface area (TPSA) is 76.1 Å². The first-order chi connectivity index (χ1) is 9.90. The van der Waals surface area contributed by atoms with Gasteiger partial charge in [0, 0.05) is 51.9 Å². The fourth-order valence-electron chi connectivity index (χ4n) is 2.14. The SMILES string of the molecule is CC(C)N(C)CCNC(=O)N1CCN(CCC(=O)O)CC1. The number of carbonyl (C=O) groups is 2. The van der Waals surface area contributed by atoms with E-state index in [9.17, 15) is 9.59 Å². The fourth-order valence-corrected chi connectivity index (χ4v) is 2.14. The molecule has 0 spiro atoms. The third kappa shape index (κ3) is 6.77. The van der Waals surface area contributed by atoms with Crippen molar-refractivity contribution in [2.45, 2.75) is 26.3 Å². The number of nitrogens with zero attached hydrogens (tertiary/aromatic N) is 3. The molecule has 0 unspecified atom stereocenters. The number of carboxylic acid groups (broad SMARTS) is 1. The average molecular weight is 300 g/mol. The van der Waals surface area contributed by atoms with Gasteiger partial charge in [-0.15, -0.1) is 0 Å². The van der Waals surface area contributed by atoms with Crippen molar-refractivity contribution in [3.63, 3.8) is 0 Å². The molecule has 0 radical (unpaired) electrons. The van der Waals surface area contributed by atoms with E-state index in [1.807, 2.05) is 7.05 Å². The van der Waals surface area contributed by atoms with Gasteiger partial charge in [-0.05, 0) is 20.9 Å². The van der Waals surface area contributed by atoms with Crippen LogP contribution in [0.25, 0.3) is 0 Å². The molecular weight excluding hydrogens is 272 g/mol. The van der Waals surface area contributed by atoms with Crippen molar-refractivity contribution >= 4 is 12.0 Å². The van der Waals surface area contributed by atoms with Gasteiger partial charge in [-0.25, -0.2) is 4.79 Å². The van der Waals surface area contributed by atoms with Crippen molar-refractivity contribution in [3.05, 3.63) is 0 Å². The van der Waals surface area contributed by atoms with Gasteiger partial charge in [0.1, 0.15) is 0 Å². The predicted molar refractivity (Wildman–Crippen MR) is 81.4 cm³/mol. The number of aliphatic carboxylic acids is 1. The number of hydrogen-bond acceptors (Lipinski definition) is 4. The Morgan fingerprint density at radius 3 is 2.38 bits per heavy atom. The molecular formula is C14H28N4O3. The summed E-state index contributed by atoms with van der Waals surface area (Å²) in [5, 5.41) is 11.6. The minimum atomic E-state index is -0.774. The molecule has 1 rings (SSSR count). The molecule has 0 aromatic rings. The average Bonchev–Trinajstić information content (AvgIpc) is 2.45. The van der Waals surface area contributed by atoms with Crippen LogP contribution < -0.4 is 5.32 Å². The Kier molecular flexibility index (Phi) is 7.45. The lowest BCUT2D eigenvalue weighted by Gasteiger charge is -2.34. The van der Waals surface area contributed by atoms with Crippen molar-refractivity contribution in [3.8, 4) is 0 Å². The van der Waals surface area contributed by atoms with Gasteiger partial charge in [0.05, 0.1) is 6.42 Å². The van der Waals surface area contributed by atoms with Crippen molar-refractivity contribution in [1.29, 1.82) is 0 Å². The second kappa shape index (κ2) is 8.84. The molecule has 0 aromatic carbocycles. The second-order valence-electron chi connectivity index (χ2n) is 5.78. The molecule has 0 bridgehead atoms. The van der Waals surface area contributed by atoms with Crippen molar-refractivity contribution in [2.24, 2.45) is 0 Å². The zero-order valence-electron chi connectivity index (χ0n) is 13.3. The number of nitrogens with one attached hydrogen (secondary N) is 1. The minimum absolute atomic E-state index is 0.0231. The van der Waals surface area contributed by atoms with E-state index in [4.69, 9.17) is 5.11 Å². The largest absolute Gasteiger partial charge is 0.481 e. The van der Waals surface area contributed by atoms with Crippen LogP contribution in [-0.4, -0.2) is 90.7 Å². The summed E-state index contributed by atoms with van der Waals surface area (Å²) in [7, 11) is 2.04. The van der Waals surface area contributed by atoms with Gasteiger partial charge in [0.2, 0.25) is 0 Å². The van der Waals surface area contributed by atoms with E-state index in [1.165, 1.54) is 0 Å². The number of hydrogen-bond donors (Lipinski definition) is 2. The summed E-state index contributed by atoms with van der Waals surface area (Å²) in [6, 6.07) is 0.449. The molecule has 0 saturated carbocycles. The number of urea groups is 1. The van der Waals surface area contributed by atoms with Crippen LogP contribution in [0.4, 0.5) is 4.79 Å². The number of carboxylic acids is 1. The van der Waals surface area contributed by atoms with E-state index in [0.717, 1.165) is 19.6 Å². The molecule has 1 saturated heterocycles. The Balaban J connectivity index is 2.18. The summed E-state index contributed by atoms with van der Waals surface area (Å²) < 4.78 is 0. The highest BCUT2D eigenvalue weighted by molar-refractivity contribution is 5.74. The van der Waals surface area contributed by atoms with E-state index >= 15 is 0 Å². The van der Waals surface area contributed by atoms with Crippen LogP contribution in [-0.2, 0) is 4.79 Å². The number of likely N-dealkylation sites (N-methyl/N-ethyl adjacent to an activating group) is 1. The van der Waals surface area contributed by atoms with E-state index in [2.05, 4.69) is 29.0 Å². The molecule has 0 atom stereocenters. The van der Waals surface area contributed by atoms with Crippen LogP contribution in [0.15, 0.2) is 0 Å². The Bertz CT molecular complexity index is 341. The quantitative estimate of drug-likeness (QED) is 0.699. The number of rotatable bonds is 7. The Morgan fingerprint density at radius 1 is 1.24 bits per heavy atom. The summed E-state index contributed by atoms with van der Waals surface area (Å²) in [6.07, 6.45) is 0.160. The van der Waals surface area contributed by atoms with E-state index in [0.29, 0.717) is 32.2 Å². The normalized spacial score (nSPS) is 16.5.